The highest BCUT2D eigenvalue weighted by atomic mass is 31.2. The van der Waals surface area contributed by atoms with E-state index in [9.17, 15) is 34.1 Å². The summed E-state index contributed by atoms with van der Waals surface area (Å²) in [6.07, 6.45) is 21.5. The van der Waals surface area contributed by atoms with Crippen molar-refractivity contribution in [1.29, 1.82) is 0 Å². The Balaban J connectivity index is 2.43. The lowest BCUT2D eigenvalue weighted by Gasteiger charge is -2.20. The molecule has 5 N–H and O–H groups in total. The second kappa shape index (κ2) is 30.6. The zero-order valence-corrected chi connectivity index (χ0v) is 33.2. The SMILES string of the molecule is CCCCCCCCCCCCCC(=O)OC[C@H](COP(=O)(O)OCCN)OC(=O)CCCCCC[C@H]1[C@@H](O)CC(=O)[C@@H]1/C=C/[C@@H](O)CCCCC. The van der Waals surface area contributed by atoms with Gasteiger partial charge in [-0.2, -0.15) is 0 Å². The van der Waals surface area contributed by atoms with Crippen molar-refractivity contribution in [1.82, 2.24) is 0 Å². The predicted octanol–water partition coefficient (Wildman–Crippen LogP) is 7.64. The van der Waals surface area contributed by atoms with Crippen LogP contribution >= 0.6 is 7.82 Å². The van der Waals surface area contributed by atoms with Gasteiger partial charge < -0.3 is 30.3 Å². The molecule has 1 fully saturated rings. The summed E-state index contributed by atoms with van der Waals surface area (Å²) >= 11 is 0. The van der Waals surface area contributed by atoms with Gasteiger partial charge in [0, 0.05) is 31.7 Å². The van der Waals surface area contributed by atoms with Crippen LogP contribution in [0.15, 0.2) is 12.2 Å². The number of aliphatic hydroxyl groups excluding tert-OH is 2. The van der Waals surface area contributed by atoms with Crippen LogP contribution in [0.1, 0.15) is 162 Å². The largest absolute Gasteiger partial charge is 0.472 e. The fraction of sp³-hybridized carbons (Fsp3) is 0.872. The fourth-order valence-electron chi connectivity index (χ4n) is 6.48. The first-order chi connectivity index (χ1) is 25.0. The van der Waals surface area contributed by atoms with Crippen LogP contribution in [0.4, 0.5) is 0 Å². The maximum atomic E-state index is 12.7. The molecular formula is C39H72NO11P. The van der Waals surface area contributed by atoms with Gasteiger partial charge in [-0.1, -0.05) is 129 Å². The monoisotopic (exact) mass is 761 g/mol. The van der Waals surface area contributed by atoms with Crippen molar-refractivity contribution in [3.8, 4) is 0 Å². The molecule has 304 valence electrons. The number of ether oxygens (including phenoxy) is 2. The zero-order chi connectivity index (χ0) is 38.5. The summed E-state index contributed by atoms with van der Waals surface area (Å²) in [5, 5.41) is 20.7. The summed E-state index contributed by atoms with van der Waals surface area (Å²) < 4.78 is 32.7. The van der Waals surface area contributed by atoms with Crippen LogP contribution in [0.25, 0.3) is 0 Å². The summed E-state index contributed by atoms with van der Waals surface area (Å²) in [5.41, 5.74) is 5.33. The van der Waals surface area contributed by atoms with Crippen molar-refractivity contribution in [2.75, 3.05) is 26.4 Å². The molecule has 12 nitrogen and oxygen atoms in total. The number of carbonyl (C=O) groups excluding carboxylic acids is 3. The van der Waals surface area contributed by atoms with Gasteiger partial charge in [0.15, 0.2) is 6.10 Å². The zero-order valence-electron chi connectivity index (χ0n) is 32.3. The van der Waals surface area contributed by atoms with Crippen LogP contribution < -0.4 is 5.73 Å². The van der Waals surface area contributed by atoms with Crippen LogP contribution in [0.5, 0.6) is 0 Å². The maximum Gasteiger partial charge on any atom is 0.472 e. The van der Waals surface area contributed by atoms with Gasteiger partial charge in [0.25, 0.3) is 0 Å². The molecule has 1 aliphatic carbocycles. The molecule has 52 heavy (non-hydrogen) atoms. The minimum atomic E-state index is -4.43. The number of unbranched alkanes of at least 4 members (excludes halogenated alkanes) is 15. The van der Waals surface area contributed by atoms with E-state index in [0.717, 1.165) is 57.8 Å². The van der Waals surface area contributed by atoms with Crippen molar-refractivity contribution >= 4 is 25.5 Å². The summed E-state index contributed by atoms with van der Waals surface area (Å²) in [6.45, 7) is 3.34. The number of phosphoric acid groups is 1. The minimum Gasteiger partial charge on any atom is -0.462 e. The Morgan fingerprint density at radius 1 is 0.827 bits per heavy atom. The van der Waals surface area contributed by atoms with Crippen molar-refractivity contribution in [3.63, 3.8) is 0 Å². The van der Waals surface area contributed by atoms with E-state index in [1.807, 2.05) is 0 Å². The molecule has 0 heterocycles. The number of phosphoric ester groups is 1. The van der Waals surface area contributed by atoms with Gasteiger partial charge in [0.1, 0.15) is 12.4 Å². The molecule has 0 radical (unpaired) electrons. The van der Waals surface area contributed by atoms with E-state index in [0.29, 0.717) is 25.7 Å². The molecule has 1 rings (SSSR count). The van der Waals surface area contributed by atoms with Gasteiger partial charge in [-0.3, -0.25) is 23.4 Å². The van der Waals surface area contributed by atoms with E-state index in [-0.39, 0.29) is 50.7 Å². The van der Waals surface area contributed by atoms with Crippen LogP contribution in [0.3, 0.4) is 0 Å². The first-order valence-corrected chi connectivity index (χ1v) is 21.8. The molecule has 0 aromatic heterocycles. The van der Waals surface area contributed by atoms with Crippen LogP contribution in [-0.2, 0) is 37.5 Å². The molecule has 1 aliphatic rings. The molecule has 0 spiro atoms. The predicted molar refractivity (Wildman–Crippen MR) is 202 cm³/mol. The summed E-state index contributed by atoms with van der Waals surface area (Å²) in [6, 6.07) is 0. The number of hydrogen-bond acceptors (Lipinski definition) is 11. The molecule has 13 heteroatoms. The average molecular weight is 762 g/mol. The third-order valence-electron chi connectivity index (χ3n) is 9.56. The molecule has 0 aromatic carbocycles. The van der Waals surface area contributed by atoms with E-state index >= 15 is 0 Å². The molecule has 1 unspecified atom stereocenters. The summed E-state index contributed by atoms with van der Waals surface area (Å²) in [5.74, 6) is -1.57. The van der Waals surface area contributed by atoms with Crippen LogP contribution in [-0.4, -0.2) is 77.5 Å². The molecule has 0 aromatic rings. The minimum absolute atomic E-state index is 0.000883. The second-order valence-electron chi connectivity index (χ2n) is 14.3. The average Bonchev–Trinajstić information content (AvgIpc) is 3.38. The first kappa shape index (κ1) is 48.4. The number of allylic oxidation sites excluding steroid dienone is 1. The van der Waals surface area contributed by atoms with Crippen molar-refractivity contribution in [2.45, 2.75) is 180 Å². The highest BCUT2D eigenvalue weighted by Crippen LogP contribution is 2.43. The Labute approximate surface area is 313 Å². The molecule has 1 saturated carbocycles. The van der Waals surface area contributed by atoms with E-state index in [2.05, 4.69) is 13.8 Å². The van der Waals surface area contributed by atoms with E-state index < -0.39 is 50.6 Å². The Kier molecular flexibility index (Phi) is 28.5. The van der Waals surface area contributed by atoms with E-state index in [1.54, 1.807) is 12.2 Å². The fourth-order valence-corrected chi connectivity index (χ4v) is 7.24. The van der Waals surface area contributed by atoms with E-state index in [4.69, 9.17) is 24.3 Å². The molecule has 0 saturated heterocycles. The smallest absolute Gasteiger partial charge is 0.462 e. The number of rotatable bonds is 34. The number of hydrogen-bond donors (Lipinski definition) is 4. The quantitative estimate of drug-likeness (QED) is 0.0217. The third-order valence-corrected chi connectivity index (χ3v) is 10.5. The molecule has 0 bridgehead atoms. The van der Waals surface area contributed by atoms with Gasteiger partial charge in [0.05, 0.1) is 25.4 Å². The summed E-state index contributed by atoms with van der Waals surface area (Å²) in [7, 11) is -4.43. The van der Waals surface area contributed by atoms with Crippen molar-refractivity contribution < 1.29 is 52.6 Å². The molecule has 6 atom stereocenters. The lowest BCUT2D eigenvalue weighted by molar-refractivity contribution is -0.161. The number of ketones is 1. The van der Waals surface area contributed by atoms with Crippen molar-refractivity contribution in [2.24, 2.45) is 17.6 Å². The third kappa shape index (κ3) is 24.6. The molecule has 0 amide bonds. The highest BCUT2D eigenvalue weighted by Gasteiger charge is 2.39. The van der Waals surface area contributed by atoms with Crippen molar-refractivity contribution in [3.05, 3.63) is 12.2 Å². The van der Waals surface area contributed by atoms with Crippen LogP contribution in [0.2, 0.25) is 0 Å². The second-order valence-corrected chi connectivity index (χ2v) is 15.7. The lowest BCUT2D eigenvalue weighted by Crippen LogP contribution is -2.29. The Morgan fingerprint density at radius 3 is 2.00 bits per heavy atom. The number of carbonyl (C=O) groups is 3. The summed E-state index contributed by atoms with van der Waals surface area (Å²) in [4.78, 5) is 47.4. The first-order valence-electron chi connectivity index (χ1n) is 20.3. The number of Topliss-reactive ketones (excluding diaryl/α,β-unsaturated/α-hetero) is 1. The van der Waals surface area contributed by atoms with Gasteiger partial charge in [0.2, 0.25) is 0 Å². The number of nitrogens with two attached hydrogens (primary N) is 1. The van der Waals surface area contributed by atoms with Gasteiger partial charge in [-0.15, -0.1) is 0 Å². The van der Waals surface area contributed by atoms with Gasteiger partial charge in [-0.25, -0.2) is 4.57 Å². The number of esters is 2. The Morgan fingerprint density at radius 2 is 1.38 bits per heavy atom. The normalized spacial score (nSPS) is 19.9. The molecule has 0 aliphatic heterocycles. The topological polar surface area (TPSA) is 192 Å². The van der Waals surface area contributed by atoms with Crippen LogP contribution in [0, 0.1) is 11.8 Å². The highest BCUT2D eigenvalue weighted by molar-refractivity contribution is 7.47. The molecular weight excluding hydrogens is 689 g/mol. The maximum absolute atomic E-state index is 12.7. The van der Waals surface area contributed by atoms with E-state index in [1.165, 1.54) is 44.9 Å². The standard InChI is InChI=1S/C39H72NO11P/c1-3-5-7-8-9-10-11-12-13-14-19-23-38(44)48-30-33(31-50-52(46,47)49-28-27-40)51-39(45)24-20-16-15-18-22-34-35(37(43)29-36(34)42)26-25-32(41)21-17-6-4-2/h25-26,32-36,41-42H,3-24,27-31,40H2,1-2H3,(H,46,47)/b26-25+/t32-,33+,34+,35+,36-/m0/s1. The van der Waals surface area contributed by atoms with Gasteiger partial charge >= 0.3 is 19.8 Å². The number of aliphatic hydroxyl groups is 2. The van der Waals surface area contributed by atoms with Gasteiger partial charge in [-0.05, 0) is 31.6 Å². The Hall–Kier alpha value is -1.66. The Bertz CT molecular complexity index is 1030. The lowest BCUT2D eigenvalue weighted by atomic mass is 9.88.